The van der Waals surface area contributed by atoms with Crippen LogP contribution in [0.3, 0.4) is 0 Å². The second kappa shape index (κ2) is 7.92. The Bertz CT molecular complexity index is 592. The molecule has 1 fully saturated rings. The second-order valence-corrected chi connectivity index (χ2v) is 6.00. The molecule has 1 aliphatic rings. The van der Waals surface area contributed by atoms with E-state index in [9.17, 15) is 4.79 Å². The Morgan fingerprint density at radius 1 is 1.30 bits per heavy atom. The van der Waals surface area contributed by atoms with Gasteiger partial charge in [-0.25, -0.2) is 0 Å². The summed E-state index contributed by atoms with van der Waals surface area (Å²) in [5, 5.41) is 6.71. The first kappa shape index (κ1) is 15.7. The van der Waals surface area contributed by atoms with Crippen molar-refractivity contribution in [2.45, 2.75) is 38.3 Å². The molecule has 0 saturated carbocycles. The van der Waals surface area contributed by atoms with Crippen LogP contribution in [0.25, 0.3) is 0 Å². The summed E-state index contributed by atoms with van der Waals surface area (Å²) in [7, 11) is 0. The van der Waals surface area contributed by atoms with Crippen LogP contribution < -0.4 is 0 Å². The number of aryl methyl sites for hydroxylation is 1. The van der Waals surface area contributed by atoms with Gasteiger partial charge >= 0.3 is 0 Å². The summed E-state index contributed by atoms with van der Waals surface area (Å²) < 4.78 is 5.71. The van der Waals surface area contributed by atoms with Gasteiger partial charge in [0.05, 0.1) is 12.3 Å². The molecule has 1 atom stereocenters. The highest BCUT2D eigenvalue weighted by molar-refractivity contribution is 5.76. The molecule has 5 heteroatoms. The number of H-pyrrole nitrogens is 1. The average Bonchev–Trinajstić information content (AvgIpc) is 3.26. The van der Waals surface area contributed by atoms with Crippen LogP contribution in [0.1, 0.15) is 30.4 Å². The number of rotatable bonds is 7. The van der Waals surface area contributed by atoms with Crippen LogP contribution in [0, 0.1) is 0 Å². The summed E-state index contributed by atoms with van der Waals surface area (Å²) >= 11 is 0. The fourth-order valence-electron chi connectivity index (χ4n) is 2.92. The van der Waals surface area contributed by atoms with Crippen LogP contribution in [-0.2, 0) is 22.5 Å². The topological polar surface area (TPSA) is 58.2 Å². The number of nitrogens with one attached hydrogen (secondary N) is 1. The van der Waals surface area contributed by atoms with Crippen LogP contribution >= 0.6 is 0 Å². The predicted octanol–water partition coefficient (Wildman–Crippen LogP) is 2.55. The molecular formula is C18H23N3O2. The summed E-state index contributed by atoms with van der Waals surface area (Å²) in [5.41, 5.74) is 2.22. The monoisotopic (exact) mass is 313 g/mol. The van der Waals surface area contributed by atoms with Crippen LogP contribution in [0.4, 0.5) is 0 Å². The van der Waals surface area contributed by atoms with Gasteiger partial charge in [0.25, 0.3) is 0 Å². The number of carbonyl (C=O) groups is 1. The van der Waals surface area contributed by atoms with Crippen molar-refractivity contribution >= 4 is 5.91 Å². The Morgan fingerprint density at radius 2 is 2.17 bits per heavy atom. The molecule has 1 aromatic heterocycles. The quantitative estimate of drug-likeness (QED) is 0.854. The summed E-state index contributed by atoms with van der Waals surface area (Å²) in [4.78, 5) is 14.6. The minimum absolute atomic E-state index is 0.172. The lowest BCUT2D eigenvalue weighted by Crippen LogP contribution is -2.37. The zero-order valence-corrected chi connectivity index (χ0v) is 13.3. The largest absolute Gasteiger partial charge is 0.376 e. The van der Waals surface area contributed by atoms with Gasteiger partial charge in [0.1, 0.15) is 0 Å². The number of ether oxygens (including phenoxy) is 1. The van der Waals surface area contributed by atoms with Gasteiger partial charge in [-0.2, -0.15) is 5.10 Å². The van der Waals surface area contributed by atoms with Crippen molar-refractivity contribution in [1.29, 1.82) is 0 Å². The first-order chi connectivity index (χ1) is 11.3. The Balaban J connectivity index is 1.61. The number of hydrogen-bond acceptors (Lipinski definition) is 3. The number of nitrogens with zero attached hydrogens (tertiary/aromatic N) is 2. The van der Waals surface area contributed by atoms with Gasteiger partial charge in [0.2, 0.25) is 5.91 Å². The van der Waals surface area contributed by atoms with E-state index in [1.165, 1.54) is 0 Å². The van der Waals surface area contributed by atoms with Crippen LogP contribution in [-0.4, -0.2) is 40.3 Å². The number of hydrogen-bond donors (Lipinski definition) is 1. The summed E-state index contributed by atoms with van der Waals surface area (Å²) in [6.07, 6.45) is 7.14. The normalized spacial score (nSPS) is 17.3. The third-order valence-electron chi connectivity index (χ3n) is 4.20. The Kier molecular flexibility index (Phi) is 5.42. The van der Waals surface area contributed by atoms with Gasteiger partial charge in [0.15, 0.2) is 0 Å². The van der Waals surface area contributed by atoms with Crippen LogP contribution in [0.15, 0.2) is 42.7 Å². The van der Waals surface area contributed by atoms with Crippen molar-refractivity contribution in [2.24, 2.45) is 0 Å². The molecule has 1 aliphatic heterocycles. The maximum atomic E-state index is 12.7. The molecule has 122 valence electrons. The predicted molar refractivity (Wildman–Crippen MR) is 87.7 cm³/mol. The van der Waals surface area contributed by atoms with E-state index in [0.29, 0.717) is 25.9 Å². The third kappa shape index (κ3) is 4.66. The van der Waals surface area contributed by atoms with Gasteiger partial charge in [-0.3, -0.25) is 9.89 Å². The molecule has 0 bridgehead atoms. The highest BCUT2D eigenvalue weighted by Gasteiger charge is 2.22. The van der Waals surface area contributed by atoms with Crippen molar-refractivity contribution in [3.8, 4) is 0 Å². The fraction of sp³-hybridized carbons (Fsp3) is 0.444. The number of benzene rings is 1. The van der Waals surface area contributed by atoms with E-state index in [1.54, 1.807) is 6.20 Å². The van der Waals surface area contributed by atoms with Gasteiger partial charge in [-0.05, 0) is 30.4 Å². The zero-order valence-electron chi connectivity index (χ0n) is 13.3. The molecular weight excluding hydrogens is 290 g/mol. The molecule has 1 unspecified atom stereocenters. The molecule has 3 rings (SSSR count). The van der Waals surface area contributed by atoms with E-state index in [4.69, 9.17) is 4.74 Å². The number of aromatic amines is 1. The van der Waals surface area contributed by atoms with Crippen molar-refractivity contribution in [1.82, 2.24) is 15.1 Å². The van der Waals surface area contributed by atoms with Crippen molar-refractivity contribution < 1.29 is 9.53 Å². The summed E-state index contributed by atoms with van der Waals surface area (Å²) in [6.45, 7) is 2.14. The molecule has 1 N–H and O–H groups in total. The number of amides is 1. The molecule has 5 nitrogen and oxygen atoms in total. The zero-order chi connectivity index (χ0) is 15.9. The van der Waals surface area contributed by atoms with Gasteiger partial charge in [-0.1, -0.05) is 30.3 Å². The molecule has 0 spiro atoms. The Morgan fingerprint density at radius 3 is 2.87 bits per heavy atom. The first-order valence-corrected chi connectivity index (χ1v) is 8.22. The fourth-order valence-corrected chi connectivity index (χ4v) is 2.92. The number of carbonyl (C=O) groups excluding carboxylic acids is 1. The highest BCUT2D eigenvalue weighted by atomic mass is 16.5. The van der Waals surface area contributed by atoms with Gasteiger partial charge < -0.3 is 9.64 Å². The van der Waals surface area contributed by atoms with E-state index in [-0.39, 0.29) is 12.0 Å². The smallest absolute Gasteiger partial charge is 0.223 e. The minimum Gasteiger partial charge on any atom is -0.376 e. The maximum absolute atomic E-state index is 12.7. The Labute approximate surface area is 136 Å². The molecule has 2 aromatic rings. The molecule has 0 aliphatic carbocycles. The molecule has 1 aromatic carbocycles. The highest BCUT2D eigenvalue weighted by Crippen LogP contribution is 2.16. The van der Waals surface area contributed by atoms with E-state index in [0.717, 1.165) is 30.6 Å². The van der Waals surface area contributed by atoms with E-state index >= 15 is 0 Å². The molecule has 23 heavy (non-hydrogen) atoms. The van der Waals surface area contributed by atoms with Crippen molar-refractivity contribution in [3.05, 3.63) is 53.9 Å². The van der Waals surface area contributed by atoms with Crippen molar-refractivity contribution in [2.75, 3.05) is 13.2 Å². The van der Waals surface area contributed by atoms with Crippen molar-refractivity contribution in [3.63, 3.8) is 0 Å². The second-order valence-electron chi connectivity index (χ2n) is 6.00. The standard InChI is InChI=1S/C18H23N3O2/c22-18(9-8-16-11-19-20-12-16)21(14-17-7-4-10-23-17)13-15-5-2-1-3-6-15/h1-3,5-6,11-12,17H,4,7-10,13-14H2,(H,19,20). The molecule has 1 saturated heterocycles. The van der Waals surface area contributed by atoms with Crippen LogP contribution in [0.5, 0.6) is 0 Å². The minimum atomic E-state index is 0.172. The van der Waals surface area contributed by atoms with Gasteiger partial charge in [-0.15, -0.1) is 0 Å². The molecule has 2 heterocycles. The summed E-state index contributed by atoms with van der Waals surface area (Å²) in [6, 6.07) is 10.1. The maximum Gasteiger partial charge on any atom is 0.223 e. The lowest BCUT2D eigenvalue weighted by atomic mass is 10.1. The van der Waals surface area contributed by atoms with Crippen LogP contribution in [0.2, 0.25) is 0 Å². The molecule has 0 radical (unpaired) electrons. The average molecular weight is 313 g/mol. The van der Waals surface area contributed by atoms with E-state index in [1.807, 2.05) is 29.3 Å². The lowest BCUT2D eigenvalue weighted by molar-refractivity contribution is -0.133. The summed E-state index contributed by atoms with van der Waals surface area (Å²) in [5.74, 6) is 0.172. The SMILES string of the molecule is O=C(CCc1cn[nH]c1)N(Cc1ccccc1)CC1CCCO1. The lowest BCUT2D eigenvalue weighted by Gasteiger charge is -2.25. The Hall–Kier alpha value is -2.14. The number of aromatic nitrogens is 2. The third-order valence-corrected chi connectivity index (χ3v) is 4.20. The van der Waals surface area contributed by atoms with E-state index < -0.39 is 0 Å². The molecule has 1 amide bonds. The van der Waals surface area contributed by atoms with Gasteiger partial charge in [0, 0.05) is 32.3 Å². The first-order valence-electron chi connectivity index (χ1n) is 8.22. The van der Waals surface area contributed by atoms with E-state index in [2.05, 4.69) is 22.3 Å².